The Morgan fingerprint density at radius 3 is 2.16 bits per heavy atom. The second-order valence-electron chi connectivity index (χ2n) is 10.7. The fraction of sp³-hybridized carbons (Fsp3) is 0.419. The Morgan fingerprint density at radius 1 is 1.00 bits per heavy atom. The van der Waals surface area contributed by atoms with Crippen LogP contribution in [0.2, 0.25) is 0 Å². The van der Waals surface area contributed by atoms with Gasteiger partial charge in [0.25, 0.3) is 0 Å². The van der Waals surface area contributed by atoms with Crippen LogP contribution in [0, 0.1) is 13.8 Å². The summed E-state index contributed by atoms with van der Waals surface area (Å²) in [7, 11) is -3.31. The predicted octanol–water partition coefficient (Wildman–Crippen LogP) is 7.00. The van der Waals surface area contributed by atoms with Gasteiger partial charge < -0.3 is 15.0 Å². The number of nitrogens with one attached hydrogen (secondary N) is 2. The van der Waals surface area contributed by atoms with Gasteiger partial charge >= 0.3 is 6.03 Å². The first kappa shape index (κ1) is 36.1. The molecule has 0 radical (unpaired) electrons. The van der Waals surface area contributed by atoms with Crippen molar-refractivity contribution in [2.24, 2.45) is 0 Å². The quantitative estimate of drug-likeness (QED) is 0.231. The van der Waals surface area contributed by atoms with Gasteiger partial charge in [-0.25, -0.2) is 13.2 Å². The number of amides is 2. The molecule has 0 saturated carbocycles. The molecule has 3 aromatic rings. The van der Waals surface area contributed by atoms with E-state index in [1.165, 1.54) is 5.56 Å². The number of halogens is 2. The van der Waals surface area contributed by atoms with Gasteiger partial charge in [0.1, 0.15) is 11.5 Å². The molecule has 0 bridgehead atoms. The SMILES string of the molecule is CCCCN(C(=O)Nc1c(C)ccnc1C)C1CCN(Cc2ccc(Oc3ccc(NS(C)(=O)=O)cc3)cc2)CC1.Cl.Cl. The number of ether oxygens (including phenoxy) is 1. The molecule has 1 saturated heterocycles. The number of nitrogens with zero attached hydrogens (tertiary/aromatic N) is 3. The smallest absolute Gasteiger partial charge is 0.322 e. The van der Waals surface area contributed by atoms with E-state index in [0.29, 0.717) is 17.2 Å². The number of likely N-dealkylation sites (tertiary alicyclic amines) is 1. The molecule has 2 heterocycles. The van der Waals surface area contributed by atoms with Crippen molar-refractivity contribution in [3.8, 4) is 11.5 Å². The number of aromatic nitrogens is 1. The maximum Gasteiger partial charge on any atom is 0.322 e. The summed E-state index contributed by atoms with van der Waals surface area (Å²) in [5.41, 5.74) is 4.36. The number of pyridine rings is 1. The lowest BCUT2D eigenvalue weighted by atomic mass is 10.0. The summed E-state index contributed by atoms with van der Waals surface area (Å²) in [5, 5.41) is 3.14. The van der Waals surface area contributed by atoms with Gasteiger partial charge in [0.15, 0.2) is 0 Å². The summed E-state index contributed by atoms with van der Waals surface area (Å²) in [5.74, 6) is 1.34. The van der Waals surface area contributed by atoms with Crippen LogP contribution >= 0.6 is 24.8 Å². The highest BCUT2D eigenvalue weighted by Crippen LogP contribution is 2.26. The highest BCUT2D eigenvalue weighted by Gasteiger charge is 2.28. The highest BCUT2D eigenvalue weighted by molar-refractivity contribution is 7.92. The monoisotopic (exact) mass is 651 g/mol. The molecule has 43 heavy (non-hydrogen) atoms. The number of piperidine rings is 1. The number of anilines is 2. The Kier molecular flexibility index (Phi) is 14.0. The number of sulfonamides is 1. The number of aryl methyl sites for hydroxylation is 2. The molecule has 0 atom stereocenters. The summed E-state index contributed by atoms with van der Waals surface area (Å²) >= 11 is 0. The van der Waals surface area contributed by atoms with Crippen molar-refractivity contribution in [1.29, 1.82) is 0 Å². The van der Waals surface area contributed by atoms with E-state index in [-0.39, 0.29) is 36.9 Å². The van der Waals surface area contributed by atoms with Crippen LogP contribution in [0.15, 0.2) is 60.8 Å². The van der Waals surface area contributed by atoms with E-state index in [1.807, 2.05) is 36.9 Å². The number of carbonyl (C=O) groups is 1. The van der Waals surface area contributed by atoms with Crippen molar-refractivity contribution in [2.45, 2.75) is 59.0 Å². The van der Waals surface area contributed by atoms with Crippen molar-refractivity contribution in [2.75, 3.05) is 35.9 Å². The van der Waals surface area contributed by atoms with Gasteiger partial charge in [0.05, 0.1) is 17.6 Å². The first-order valence-corrected chi connectivity index (χ1v) is 16.1. The van der Waals surface area contributed by atoms with E-state index < -0.39 is 10.0 Å². The first-order valence-electron chi connectivity index (χ1n) is 14.2. The van der Waals surface area contributed by atoms with Crippen molar-refractivity contribution < 1.29 is 17.9 Å². The Bertz CT molecular complexity index is 1390. The first-order chi connectivity index (χ1) is 19.6. The summed E-state index contributed by atoms with van der Waals surface area (Å²) in [6.45, 7) is 9.53. The fourth-order valence-electron chi connectivity index (χ4n) is 5.09. The van der Waals surface area contributed by atoms with Gasteiger partial charge in [-0.1, -0.05) is 25.5 Å². The largest absolute Gasteiger partial charge is 0.457 e. The predicted molar refractivity (Wildman–Crippen MR) is 179 cm³/mol. The van der Waals surface area contributed by atoms with Crippen LogP contribution in [-0.2, 0) is 16.6 Å². The normalized spacial score (nSPS) is 13.8. The summed E-state index contributed by atoms with van der Waals surface area (Å²) < 4.78 is 31.1. The number of rotatable bonds is 11. The zero-order valence-corrected chi connectivity index (χ0v) is 27.7. The van der Waals surface area contributed by atoms with Crippen molar-refractivity contribution in [3.63, 3.8) is 0 Å². The number of hydrogen-bond acceptors (Lipinski definition) is 6. The minimum Gasteiger partial charge on any atom is -0.457 e. The van der Waals surface area contributed by atoms with E-state index in [9.17, 15) is 13.2 Å². The number of unbranched alkanes of at least 4 members (excludes halogenated alkanes) is 1. The van der Waals surface area contributed by atoms with Gasteiger partial charge in [-0.2, -0.15) is 0 Å². The number of urea groups is 1. The Hall–Kier alpha value is -3.05. The third-order valence-electron chi connectivity index (χ3n) is 7.31. The molecule has 12 heteroatoms. The lowest BCUT2D eigenvalue weighted by Crippen LogP contribution is -2.49. The third-order valence-corrected chi connectivity index (χ3v) is 7.92. The van der Waals surface area contributed by atoms with Crippen LogP contribution in [-0.4, -0.2) is 61.2 Å². The zero-order valence-electron chi connectivity index (χ0n) is 25.2. The van der Waals surface area contributed by atoms with E-state index in [4.69, 9.17) is 4.74 Å². The lowest BCUT2D eigenvalue weighted by Gasteiger charge is -2.38. The molecule has 0 spiro atoms. The van der Waals surface area contributed by atoms with Gasteiger partial charge in [0.2, 0.25) is 10.0 Å². The molecule has 1 aliphatic rings. The molecule has 2 amide bonds. The average molecular weight is 653 g/mol. The summed E-state index contributed by atoms with van der Waals surface area (Å²) in [6, 6.07) is 16.9. The molecule has 1 fully saturated rings. The minimum atomic E-state index is -3.31. The van der Waals surface area contributed by atoms with Crippen LogP contribution in [0.4, 0.5) is 16.2 Å². The molecule has 236 valence electrons. The molecule has 0 unspecified atom stereocenters. The van der Waals surface area contributed by atoms with Gasteiger partial charge in [0, 0.05) is 44.1 Å². The molecular formula is C31H43Cl2N5O4S. The Labute approximate surface area is 268 Å². The number of carbonyl (C=O) groups excluding carboxylic acids is 1. The summed E-state index contributed by atoms with van der Waals surface area (Å²) in [4.78, 5) is 22.2. The zero-order chi connectivity index (χ0) is 29.4. The van der Waals surface area contributed by atoms with E-state index >= 15 is 0 Å². The van der Waals surface area contributed by atoms with Crippen molar-refractivity contribution in [3.05, 3.63) is 77.6 Å². The van der Waals surface area contributed by atoms with E-state index in [2.05, 4.69) is 39.0 Å². The summed E-state index contributed by atoms with van der Waals surface area (Å²) in [6.07, 6.45) is 6.79. The molecule has 4 rings (SSSR count). The van der Waals surface area contributed by atoms with Crippen molar-refractivity contribution >= 4 is 52.2 Å². The van der Waals surface area contributed by atoms with Crippen LogP contribution in [0.5, 0.6) is 11.5 Å². The second-order valence-corrected chi connectivity index (χ2v) is 12.5. The highest BCUT2D eigenvalue weighted by atomic mass is 35.5. The van der Waals surface area contributed by atoms with Crippen LogP contribution in [0.1, 0.15) is 49.4 Å². The maximum atomic E-state index is 13.4. The molecule has 1 aromatic heterocycles. The second kappa shape index (κ2) is 16.7. The molecular weight excluding hydrogens is 609 g/mol. The van der Waals surface area contributed by atoms with Crippen molar-refractivity contribution in [1.82, 2.24) is 14.8 Å². The molecule has 9 nitrogen and oxygen atoms in total. The topological polar surface area (TPSA) is 104 Å². The lowest BCUT2D eigenvalue weighted by molar-refractivity contribution is 0.122. The Balaban J connectivity index is 0.00000323. The van der Waals surface area contributed by atoms with E-state index in [1.54, 1.807) is 30.5 Å². The third kappa shape index (κ3) is 10.9. The van der Waals surface area contributed by atoms with Gasteiger partial charge in [-0.3, -0.25) is 14.6 Å². The Morgan fingerprint density at radius 2 is 1.60 bits per heavy atom. The van der Waals surface area contributed by atoms with E-state index in [0.717, 1.165) is 75.1 Å². The van der Waals surface area contributed by atoms with Crippen LogP contribution in [0.3, 0.4) is 0 Å². The molecule has 1 aliphatic heterocycles. The van der Waals surface area contributed by atoms with Crippen LogP contribution < -0.4 is 14.8 Å². The van der Waals surface area contributed by atoms with Crippen LogP contribution in [0.25, 0.3) is 0 Å². The molecule has 2 N–H and O–H groups in total. The fourth-order valence-corrected chi connectivity index (χ4v) is 5.66. The number of benzene rings is 2. The maximum absolute atomic E-state index is 13.4. The van der Waals surface area contributed by atoms with Gasteiger partial charge in [-0.15, -0.1) is 24.8 Å². The minimum absolute atomic E-state index is 0. The standard InChI is InChI=1S/C31H41N5O4S.2ClH/c1-5-6-19-36(31(37)33-30-23(2)15-18-32-24(30)3)27-16-20-35(21-17-27)22-25-7-11-28(12-8-25)40-29-13-9-26(10-14-29)34-41(4,38)39;;/h7-15,18,27,34H,5-6,16-17,19-22H2,1-4H3,(H,33,37);2*1H. The molecule has 0 aliphatic carbocycles. The molecule has 2 aromatic carbocycles. The number of hydrogen-bond donors (Lipinski definition) is 2. The van der Waals surface area contributed by atoms with Gasteiger partial charge in [-0.05, 0) is 86.7 Å². The average Bonchev–Trinajstić information content (AvgIpc) is 2.93.